The van der Waals surface area contributed by atoms with Gasteiger partial charge in [0, 0.05) is 19.7 Å². The lowest BCUT2D eigenvalue weighted by Crippen LogP contribution is -2.34. The van der Waals surface area contributed by atoms with Gasteiger partial charge in [0.25, 0.3) is 0 Å². The summed E-state index contributed by atoms with van der Waals surface area (Å²) in [7, 11) is 1.96. The van der Waals surface area contributed by atoms with Gasteiger partial charge in [-0.25, -0.2) is 0 Å². The van der Waals surface area contributed by atoms with Gasteiger partial charge in [-0.1, -0.05) is 19.3 Å². The van der Waals surface area contributed by atoms with E-state index in [0.29, 0.717) is 5.41 Å². The topological polar surface area (TPSA) is 55.9 Å². The Morgan fingerprint density at radius 3 is 2.76 bits per heavy atom. The number of hydrogen-bond acceptors (Lipinski definition) is 3. The van der Waals surface area contributed by atoms with Crippen molar-refractivity contribution in [3.63, 3.8) is 0 Å². The minimum absolute atomic E-state index is 0.393. The van der Waals surface area contributed by atoms with Gasteiger partial charge in [0.1, 0.15) is 5.82 Å². The zero-order chi connectivity index (χ0) is 12.1. The van der Waals surface area contributed by atoms with Crippen molar-refractivity contribution in [2.45, 2.75) is 38.5 Å². The summed E-state index contributed by atoms with van der Waals surface area (Å²) >= 11 is 0. The average molecular weight is 236 g/mol. The van der Waals surface area contributed by atoms with Gasteiger partial charge in [0.15, 0.2) is 0 Å². The molecule has 0 radical (unpaired) electrons. The van der Waals surface area contributed by atoms with Crippen molar-refractivity contribution in [2.75, 3.05) is 18.4 Å². The highest BCUT2D eigenvalue weighted by atomic mass is 15.3. The maximum atomic E-state index is 5.98. The van der Waals surface area contributed by atoms with E-state index in [1.807, 2.05) is 24.0 Å². The third-order valence-corrected chi connectivity index (χ3v) is 4.13. The second kappa shape index (κ2) is 5.54. The Morgan fingerprint density at radius 2 is 2.18 bits per heavy atom. The molecule has 0 spiro atoms. The highest BCUT2D eigenvalue weighted by Gasteiger charge is 2.29. The summed E-state index contributed by atoms with van der Waals surface area (Å²) in [6.07, 6.45) is 9.69. The number of nitrogens with two attached hydrogens (primary N) is 1. The van der Waals surface area contributed by atoms with Gasteiger partial charge in [0.2, 0.25) is 0 Å². The van der Waals surface area contributed by atoms with Crippen LogP contribution in [0.4, 0.5) is 5.82 Å². The van der Waals surface area contributed by atoms with Crippen molar-refractivity contribution in [3.05, 3.63) is 12.3 Å². The first-order valence-electron chi connectivity index (χ1n) is 6.68. The van der Waals surface area contributed by atoms with Crippen LogP contribution in [0.2, 0.25) is 0 Å². The van der Waals surface area contributed by atoms with Gasteiger partial charge in [-0.15, -0.1) is 0 Å². The van der Waals surface area contributed by atoms with Crippen molar-refractivity contribution in [2.24, 2.45) is 18.2 Å². The molecule has 1 fully saturated rings. The van der Waals surface area contributed by atoms with Crippen LogP contribution in [0.1, 0.15) is 38.5 Å². The molecule has 0 unspecified atom stereocenters. The summed E-state index contributed by atoms with van der Waals surface area (Å²) in [5.74, 6) is 1.09. The highest BCUT2D eigenvalue weighted by Crippen LogP contribution is 2.38. The number of rotatable bonds is 5. The number of aryl methyl sites for hydroxylation is 1. The Balaban J connectivity index is 1.82. The summed E-state index contributed by atoms with van der Waals surface area (Å²) in [5, 5.41) is 7.59. The van der Waals surface area contributed by atoms with E-state index in [4.69, 9.17) is 5.73 Å². The van der Waals surface area contributed by atoms with E-state index in [9.17, 15) is 0 Å². The fourth-order valence-corrected chi connectivity index (χ4v) is 2.86. The minimum Gasteiger partial charge on any atom is -0.370 e. The molecule has 2 rings (SSSR count). The Hall–Kier alpha value is -1.03. The lowest BCUT2D eigenvalue weighted by molar-refractivity contribution is 0.188. The lowest BCUT2D eigenvalue weighted by atomic mass is 9.72. The van der Waals surface area contributed by atoms with Gasteiger partial charge >= 0.3 is 0 Å². The number of anilines is 1. The van der Waals surface area contributed by atoms with E-state index in [2.05, 4.69) is 10.4 Å². The molecule has 1 aliphatic rings. The Kier molecular flexibility index (Phi) is 4.05. The van der Waals surface area contributed by atoms with Crippen LogP contribution >= 0.6 is 0 Å². The molecule has 1 aromatic heterocycles. The monoisotopic (exact) mass is 236 g/mol. The molecule has 4 nitrogen and oxygen atoms in total. The van der Waals surface area contributed by atoms with Crippen LogP contribution in [0.15, 0.2) is 12.3 Å². The van der Waals surface area contributed by atoms with Gasteiger partial charge in [-0.2, -0.15) is 5.10 Å². The van der Waals surface area contributed by atoms with Crippen molar-refractivity contribution >= 4 is 5.82 Å². The summed E-state index contributed by atoms with van der Waals surface area (Å²) in [6.45, 7) is 1.83. The predicted molar refractivity (Wildman–Crippen MR) is 70.9 cm³/mol. The van der Waals surface area contributed by atoms with Crippen LogP contribution in [0.25, 0.3) is 0 Å². The molecule has 0 aromatic carbocycles. The minimum atomic E-state index is 0.393. The van der Waals surface area contributed by atoms with E-state index in [0.717, 1.165) is 18.9 Å². The van der Waals surface area contributed by atoms with E-state index < -0.39 is 0 Å². The van der Waals surface area contributed by atoms with Crippen molar-refractivity contribution in [1.82, 2.24) is 9.78 Å². The quantitative estimate of drug-likeness (QED) is 0.823. The van der Waals surface area contributed by atoms with Crippen molar-refractivity contribution in [3.8, 4) is 0 Å². The molecule has 0 atom stereocenters. The molecule has 1 heterocycles. The lowest BCUT2D eigenvalue weighted by Gasteiger charge is -2.36. The largest absolute Gasteiger partial charge is 0.370 e. The third-order valence-electron chi connectivity index (χ3n) is 4.13. The van der Waals surface area contributed by atoms with Crippen LogP contribution in [-0.2, 0) is 7.05 Å². The molecule has 3 N–H and O–H groups in total. The molecule has 0 amide bonds. The molecule has 1 aliphatic carbocycles. The van der Waals surface area contributed by atoms with Gasteiger partial charge in [0.05, 0.1) is 6.20 Å². The zero-order valence-electron chi connectivity index (χ0n) is 10.8. The summed E-state index contributed by atoms with van der Waals surface area (Å²) in [4.78, 5) is 0. The van der Waals surface area contributed by atoms with Crippen molar-refractivity contribution < 1.29 is 0 Å². The van der Waals surface area contributed by atoms with Crippen LogP contribution in [0.5, 0.6) is 0 Å². The standard InChI is InChI=1S/C13H24N4/c1-17-12(5-9-16-17)15-10-8-13(11-14)6-3-2-4-7-13/h5,9,15H,2-4,6-8,10-11,14H2,1H3. The third kappa shape index (κ3) is 3.00. The predicted octanol–water partition coefficient (Wildman–Crippen LogP) is 2.13. The van der Waals surface area contributed by atoms with Gasteiger partial charge in [-0.3, -0.25) is 4.68 Å². The van der Waals surface area contributed by atoms with Gasteiger partial charge in [-0.05, 0) is 31.2 Å². The molecular formula is C13H24N4. The maximum absolute atomic E-state index is 5.98. The fraction of sp³-hybridized carbons (Fsp3) is 0.769. The molecular weight excluding hydrogens is 212 g/mol. The van der Waals surface area contributed by atoms with Crippen LogP contribution in [0.3, 0.4) is 0 Å². The van der Waals surface area contributed by atoms with E-state index >= 15 is 0 Å². The Morgan fingerprint density at radius 1 is 1.41 bits per heavy atom. The molecule has 0 bridgehead atoms. The second-order valence-electron chi connectivity index (χ2n) is 5.28. The number of hydrogen-bond donors (Lipinski definition) is 2. The molecule has 1 aromatic rings. The number of nitrogens with one attached hydrogen (secondary N) is 1. The normalized spacial score (nSPS) is 19.2. The Labute approximate surface area is 104 Å². The summed E-state index contributed by atoms with van der Waals surface area (Å²) in [5.41, 5.74) is 6.37. The average Bonchev–Trinajstić information content (AvgIpc) is 2.76. The first kappa shape index (κ1) is 12.4. The van der Waals surface area contributed by atoms with E-state index in [1.165, 1.54) is 38.5 Å². The molecule has 0 saturated heterocycles. The first-order valence-corrected chi connectivity index (χ1v) is 6.68. The van der Waals surface area contributed by atoms with Crippen LogP contribution in [-0.4, -0.2) is 22.9 Å². The van der Waals surface area contributed by atoms with Crippen LogP contribution in [0, 0.1) is 5.41 Å². The van der Waals surface area contributed by atoms with E-state index in [-0.39, 0.29) is 0 Å². The highest BCUT2D eigenvalue weighted by molar-refractivity contribution is 5.33. The maximum Gasteiger partial charge on any atom is 0.123 e. The number of nitrogens with zero attached hydrogens (tertiary/aromatic N) is 2. The zero-order valence-corrected chi connectivity index (χ0v) is 10.8. The smallest absolute Gasteiger partial charge is 0.123 e. The Bertz CT molecular complexity index is 339. The number of aromatic nitrogens is 2. The SMILES string of the molecule is Cn1nccc1NCCC1(CN)CCCCC1. The molecule has 4 heteroatoms. The first-order chi connectivity index (χ1) is 8.26. The molecule has 0 aliphatic heterocycles. The molecule has 17 heavy (non-hydrogen) atoms. The van der Waals surface area contributed by atoms with Crippen molar-refractivity contribution in [1.29, 1.82) is 0 Å². The molecule has 1 saturated carbocycles. The van der Waals surface area contributed by atoms with E-state index in [1.54, 1.807) is 0 Å². The summed E-state index contributed by atoms with van der Waals surface area (Å²) in [6, 6.07) is 2.01. The second-order valence-corrected chi connectivity index (χ2v) is 5.28. The summed E-state index contributed by atoms with van der Waals surface area (Å²) < 4.78 is 1.87. The van der Waals surface area contributed by atoms with Crippen LogP contribution < -0.4 is 11.1 Å². The molecule has 96 valence electrons. The fourth-order valence-electron chi connectivity index (χ4n) is 2.86. The van der Waals surface area contributed by atoms with Gasteiger partial charge < -0.3 is 11.1 Å².